The van der Waals surface area contributed by atoms with Crippen LogP contribution >= 0.6 is 0 Å². The van der Waals surface area contributed by atoms with E-state index in [1.807, 2.05) is 0 Å². The second-order valence-electron chi connectivity index (χ2n) is 6.38. The summed E-state index contributed by atoms with van der Waals surface area (Å²) in [7, 11) is -3.78. The van der Waals surface area contributed by atoms with E-state index in [1.54, 1.807) is 6.07 Å². The van der Waals surface area contributed by atoms with E-state index < -0.39 is 26.7 Å². The largest absolute Gasteiger partial charge is 0.349 e. The van der Waals surface area contributed by atoms with Gasteiger partial charge >= 0.3 is 0 Å². The molecule has 0 saturated carbocycles. The maximum Gasteiger partial charge on any atom is 0.269 e. The maximum atomic E-state index is 13.7. The molecule has 1 N–H and O–H groups in total. The predicted octanol–water partition coefficient (Wildman–Crippen LogP) is 2.32. The van der Waals surface area contributed by atoms with Crippen molar-refractivity contribution in [3.05, 3.63) is 70.0 Å². The highest BCUT2D eigenvalue weighted by atomic mass is 32.2. The van der Waals surface area contributed by atoms with Crippen LogP contribution in [-0.2, 0) is 10.0 Å². The standard InChI is InChI=1S/C18H18FN3O5S/c19-17-4-2-1-3-16(17)18(23)20-13-9-11-21(12-10-13)28(26,27)15-7-5-14(6-8-15)22(24)25/h1-8,13H,9-12H2,(H,20,23). The Bertz CT molecular complexity index is 987. The van der Waals surface area contributed by atoms with Gasteiger partial charge in [-0.15, -0.1) is 0 Å². The monoisotopic (exact) mass is 407 g/mol. The van der Waals surface area contributed by atoms with Crippen molar-refractivity contribution >= 4 is 21.6 Å². The van der Waals surface area contributed by atoms with Crippen molar-refractivity contribution in [1.29, 1.82) is 0 Å². The van der Waals surface area contributed by atoms with Crippen molar-refractivity contribution in [3.63, 3.8) is 0 Å². The average molecular weight is 407 g/mol. The van der Waals surface area contributed by atoms with Crippen molar-refractivity contribution < 1.29 is 22.5 Å². The van der Waals surface area contributed by atoms with Crippen LogP contribution in [0.2, 0.25) is 0 Å². The molecule has 0 unspecified atom stereocenters. The van der Waals surface area contributed by atoms with Gasteiger partial charge in [-0.3, -0.25) is 14.9 Å². The minimum Gasteiger partial charge on any atom is -0.349 e. The summed E-state index contributed by atoms with van der Waals surface area (Å²) in [6.07, 6.45) is 0.763. The molecule has 2 aromatic rings. The quantitative estimate of drug-likeness (QED) is 0.604. The lowest BCUT2D eigenvalue weighted by atomic mass is 10.1. The van der Waals surface area contributed by atoms with E-state index in [9.17, 15) is 27.7 Å². The first-order chi connectivity index (χ1) is 13.3. The third-order valence-corrected chi connectivity index (χ3v) is 6.51. The molecule has 0 aliphatic carbocycles. The smallest absolute Gasteiger partial charge is 0.269 e. The summed E-state index contributed by atoms with van der Waals surface area (Å²) in [5, 5.41) is 13.4. The number of rotatable bonds is 5. The number of halogens is 1. The normalized spacial score (nSPS) is 15.9. The molecule has 0 radical (unpaired) electrons. The molecular weight excluding hydrogens is 389 g/mol. The summed E-state index contributed by atoms with van der Waals surface area (Å²) in [5.74, 6) is -1.15. The lowest BCUT2D eigenvalue weighted by Crippen LogP contribution is -2.46. The van der Waals surface area contributed by atoms with Crippen LogP contribution in [0.3, 0.4) is 0 Å². The zero-order valence-corrected chi connectivity index (χ0v) is 15.6. The van der Waals surface area contributed by atoms with Gasteiger partial charge in [-0.05, 0) is 37.1 Å². The Balaban J connectivity index is 1.62. The summed E-state index contributed by atoms with van der Waals surface area (Å²) in [5.41, 5.74) is -0.239. The van der Waals surface area contributed by atoms with Crippen LogP contribution in [-0.4, -0.2) is 42.7 Å². The summed E-state index contributed by atoms with van der Waals surface area (Å²) in [4.78, 5) is 22.3. The number of carbonyl (C=O) groups is 1. The van der Waals surface area contributed by atoms with Gasteiger partial charge in [0.15, 0.2) is 0 Å². The van der Waals surface area contributed by atoms with Gasteiger partial charge in [0.1, 0.15) is 5.82 Å². The van der Waals surface area contributed by atoms with Crippen molar-refractivity contribution in [2.24, 2.45) is 0 Å². The maximum absolute atomic E-state index is 13.7. The third-order valence-electron chi connectivity index (χ3n) is 4.59. The van der Waals surface area contributed by atoms with Crippen molar-refractivity contribution in [2.75, 3.05) is 13.1 Å². The SMILES string of the molecule is O=C(NC1CCN(S(=O)(=O)c2ccc([N+](=O)[O-])cc2)CC1)c1ccccc1F. The zero-order chi connectivity index (χ0) is 20.3. The van der Waals surface area contributed by atoms with Crippen LogP contribution in [0, 0.1) is 15.9 Å². The molecule has 1 saturated heterocycles. The topological polar surface area (TPSA) is 110 Å². The van der Waals surface area contributed by atoms with Gasteiger partial charge in [-0.1, -0.05) is 12.1 Å². The first kappa shape index (κ1) is 19.9. The van der Waals surface area contributed by atoms with Crippen LogP contribution in [0.5, 0.6) is 0 Å². The molecule has 1 aliphatic rings. The van der Waals surface area contributed by atoms with Crippen LogP contribution in [0.4, 0.5) is 10.1 Å². The van der Waals surface area contributed by atoms with Crippen LogP contribution in [0.25, 0.3) is 0 Å². The molecule has 0 spiro atoms. The Labute approximate surface area is 161 Å². The number of sulfonamides is 1. The molecular formula is C18H18FN3O5S. The van der Waals surface area contributed by atoms with E-state index >= 15 is 0 Å². The molecule has 0 aromatic heterocycles. The Morgan fingerprint density at radius 1 is 1.11 bits per heavy atom. The Hall–Kier alpha value is -2.85. The van der Waals surface area contributed by atoms with Gasteiger partial charge in [-0.25, -0.2) is 12.8 Å². The lowest BCUT2D eigenvalue weighted by molar-refractivity contribution is -0.384. The predicted molar refractivity (Wildman–Crippen MR) is 98.7 cm³/mol. The van der Waals surface area contributed by atoms with Gasteiger partial charge in [0.25, 0.3) is 11.6 Å². The van der Waals surface area contributed by atoms with E-state index in [0.717, 1.165) is 12.1 Å². The van der Waals surface area contributed by atoms with E-state index in [2.05, 4.69) is 5.32 Å². The second kappa shape index (κ2) is 8.03. The first-order valence-corrected chi connectivity index (χ1v) is 10.0. The average Bonchev–Trinajstić information content (AvgIpc) is 2.68. The lowest BCUT2D eigenvalue weighted by Gasteiger charge is -2.31. The van der Waals surface area contributed by atoms with Gasteiger partial charge in [0.2, 0.25) is 10.0 Å². The number of amides is 1. The molecule has 148 valence electrons. The fourth-order valence-corrected chi connectivity index (χ4v) is 4.51. The molecule has 1 heterocycles. The summed E-state index contributed by atoms with van der Waals surface area (Å²) < 4.78 is 40.3. The molecule has 3 rings (SSSR count). The highest BCUT2D eigenvalue weighted by Gasteiger charge is 2.30. The van der Waals surface area contributed by atoms with Gasteiger partial charge in [0.05, 0.1) is 15.4 Å². The molecule has 0 atom stereocenters. The Morgan fingerprint density at radius 2 is 1.71 bits per heavy atom. The second-order valence-corrected chi connectivity index (χ2v) is 8.32. The fourth-order valence-electron chi connectivity index (χ4n) is 3.04. The number of nitro benzene ring substituents is 1. The van der Waals surface area contributed by atoms with E-state index in [-0.39, 0.29) is 35.3 Å². The van der Waals surface area contributed by atoms with Crippen molar-refractivity contribution in [1.82, 2.24) is 9.62 Å². The number of nitrogens with one attached hydrogen (secondary N) is 1. The van der Waals surface area contributed by atoms with Gasteiger partial charge in [-0.2, -0.15) is 4.31 Å². The molecule has 2 aromatic carbocycles. The number of nitro groups is 1. The molecule has 28 heavy (non-hydrogen) atoms. The number of hydrogen-bond donors (Lipinski definition) is 1. The Kier molecular flexibility index (Phi) is 5.71. The van der Waals surface area contributed by atoms with Crippen molar-refractivity contribution in [2.45, 2.75) is 23.8 Å². The van der Waals surface area contributed by atoms with Crippen molar-refractivity contribution in [3.8, 4) is 0 Å². The molecule has 1 fully saturated rings. The summed E-state index contributed by atoms with van der Waals surface area (Å²) in [6, 6.07) is 10.1. The number of carbonyl (C=O) groups excluding carboxylic acids is 1. The minimum atomic E-state index is -3.78. The first-order valence-electron chi connectivity index (χ1n) is 8.59. The minimum absolute atomic E-state index is 0.0213. The molecule has 8 nitrogen and oxygen atoms in total. The number of benzene rings is 2. The van der Waals surface area contributed by atoms with Crippen LogP contribution < -0.4 is 5.32 Å². The fraction of sp³-hybridized carbons (Fsp3) is 0.278. The zero-order valence-electron chi connectivity index (χ0n) is 14.7. The van der Waals surface area contributed by atoms with Crippen LogP contribution in [0.15, 0.2) is 53.4 Å². The number of hydrogen-bond acceptors (Lipinski definition) is 5. The Morgan fingerprint density at radius 3 is 2.29 bits per heavy atom. The number of piperidine rings is 1. The highest BCUT2D eigenvalue weighted by Crippen LogP contribution is 2.23. The molecule has 1 amide bonds. The highest BCUT2D eigenvalue weighted by molar-refractivity contribution is 7.89. The van der Waals surface area contributed by atoms with Gasteiger partial charge < -0.3 is 5.32 Å². The van der Waals surface area contributed by atoms with E-state index in [1.165, 1.54) is 34.6 Å². The van der Waals surface area contributed by atoms with Crippen LogP contribution in [0.1, 0.15) is 23.2 Å². The summed E-state index contributed by atoms with van der Waals surface area (Å²) >= 11 is 0. The third kappa shape index (κ3) is 4.18. The number of nitrogens with zero attached hydrogens (tertiary/aromatic N) is 2. The summed E-state index contributed by atoms with van der Waals surface area (Å²) in [6.45, 7) is 0.364. The van der Waals surface area contributed by atoms with E-state index in [0.29, 0.717) is 12.8 Å². The van der Waals surface area contributed by atoms with E-state index in [4.69, 9.17) is 0 Å². The molecule has 10 heteroatoms. The molecule has 1 aliphatic heterocycles. The number of non-ortho nitro benzene ring substituents is 1. The molecule has 0 bridgehead atoms. The van der Waals surface area contributed by atoms with Gasteiger partial charge in [0, 0.05) is 31.3 Å².